The van der Waals surface area contributed by atoms with E-state index in [1.54, 1.807) is 29.8 Å². The number of thiophene rings is 1. The number of hydrogen-bond donors (Lipinski definition) is 1. The van der Waals surface area contributed by atoms with Gasteiger partial charge in [0.2, 0.25) is 0 Å². The van der Waals surface area contributed by atoms with Crippen LogP contribution in [0.4, 0.5) is 10.2 Å². The predicted molar refractivity (Wildman–Crippen MR) is 122 cm³/mol. The van der Waals surface area contributed by atoms with Crippen LogP contribution in [0.1, 0.15) is 5.56 Å². The Labute approximate surface area is 177 Å². The molecule has 0 spiro atoms. The van der Waals surface area contributed by atoms with Crippen LogP contribution in [0.15, 0.2) is 90.6 Å². The van der Waals surface area contributed by atoms with Crippen LogP contribution in [0.3, 0.4) is 0 Å². The van der Waals surface area contributed by atoms with E-state index in [0.29, 0.717) is 6.54 Å². The van der Waals surface area contributed by atoms with Crippen molar-refractivity contribution in [2.75, 3.05) is 5.32 Å². The number of anilines is 1. The maximum Gasteiger partial charge on any atom is 0.139 e. The lowest BCUT2D eigenvalue weighted by Gasteiger charge is -2.09. The Kier molecular flexibility index (Phi) is 4.95. The van der Waals surface area contributed by atoms with Crippen molar-refractivity contribution < 1.29 is 4.39 Å². The minimum atomic E-state index is -0.234. The van der Waals surface area contributed by atoms with Gasteiger partial charge in [-0.2, -0.15) is 0 Å². The first-order valence-corrected chi connectivity index (χ1v) is 10.5. The van der Waals surface area contributed by atoms with Crippen LogP contribution >= 0.6 is 11.3 Å². The number of aromatic nitrogens is 2. The van der Waals surface area contributed by atoms with E-state index in [9.17, 15) is 4.39 Å². The van der Waals surface area contributed by atoms with E-state index in [4.69, 9.17) is 0 Å². The number of nitrogens with one attached hydrogen (secondary N) is 1. The summed E-state index contributed by atoms with van der Waals surface area (Å²) in [7, 11) is 0. The van der Waals surface area contributed by atoms with Gasteiger partial charge in [0, 0.05) is 17.5 Å². The zero-order valence-electron chi connectivity index (χ0n) is 16.0. The van der Waals surface area contributed by atoms with Gasteiger partial charge in [0.1, 0.15) is 22.8 Å². The predicted octanol–water partition coefficient (Wildman–Crippen LogP) is 6.78. The van der Waals surface area contributed by atoms with Gasteiger partial charge in [0.05, 0.1) is 5.39 Å². The number of rotatable bonds is 5. The monoisotopic (exact) mass is 411 g/mol. The molecule has 0 saturated heterocycles. The maximum absolute atomic E-state index is 13.2. The molecule has 0 radical (unpaired) electrons. The first-order chi connectivity index (χ1) is 14.8. The molecule has 2 heterocycles. The molecular weight excluding hydrogens is 393 g/mol. The number of benzene rings is 3. The van der Waals surface area contributed by atoms with Gasteiger partial charge in [-0.15, -0.1) is 11.3 Å². The van der Waals surface area contributed by atoms with Crippen LogP contribution in [0, 0.1) is 5.82 Å². The highest BCUT2D eigenvalue weighted by Gasteiger charge is 2.13. The lowest BCUT2D eigenvalue weighted by atomic mass is 10.0. The first kappa shape index (κ1) is 18.5. The smallest absolute Gasteiger partial charge is 0.139 e. The van der Waals surface area contributed by atoms with Gasteiger partial charge in [0.15, 0.2) is 0 Å². The third kappa shape index (κ3) is 3.67. The molecule has 0 fully saturated rings. The lowest BCUT2D eigenvalue weighted by molar-refractivity contribution is 0.627. The molecule has 30 heavy (non-hydrogen) atoms. The Morgan fingerprint density at radius 2 is 1.47 bits per heavy atom. The molecule has 3 aromatic carbocycles. The van der Waals surface area contributed by atoms with Crippen LogP contribution in [-0.4, -0.2) is 9.97 Å². The van der Waals surface area contributed by atoms with Crippen LogP contribution in [-0.2, 0) is 6.54 Å². The molecule has 3 nitrogen and oxygen atoms in total. The van der Waals surface area contributed by atoms with E-state index in [1.165, 1.54) is 23.3 Å². The van der Waals surface area contributed by atoms with Gasteiger partial charge in [-0.1, -0.05) is 66.7 Å². The van der Waals surface area contributed by atoms with Crippen LogP contribution in [0.5, 0.6) is 0 Å². The molecule has 2 aromatic heterocycles. The SMILES string of the molecule is Fc1ccc(CNc2ncnc3scc(-c4ccc(-c5ccccc5)cc4)c23)cc1. The Morgan fingerprint density at radius 3 is 2.23 bits per heavy atom. The summed E-state index contributed by atoms with van der Waals surface area (Å²) in [5.41, 5.74) is 5.61. The molecule has 1 N–H and O–H groups in total. The molecule has 0 atom stereocenters. The van der Waals surface area contributed by atoms with E-state index in [0.717, 1.165) is 32.7 Å². The molecule has 5 rings (SSSR count). The van der Waals surface area contributed by atoms with Crippen molar-refractivity contribution >= 4 is 27.4 Å². The van der Waals surface area contributed by atoms with Gasteiger partial charge in [0.25, 0.3) is 0 Å². The summed E-state index contributed by atoms with van der Waals surface area (Å²) in [6.45, 7) is 0.564. The van der Waals surface area contributed by atoms with Gasteiger partial charge in [-0.3, -0.25) is 0 Å². The van der Waals surface area contributed by atoms with E-state index < -0.39 is 0 Å². The molecule has 5 aromatic rings. The zero-order chi connectivity index (χ0) is 20.3. The van der Waals surface area contributed by atoms with Crippen molar-refractivity contribution in [3.05, 3.63) is 102 Å². The summed E-state index contributed by atoms with van der Waals surface area (Å²) in [5, 5.41) is 6.53. The second-order valence-electron chi connectivity index (χ2n) is 6.98. The largest absolute Gasteiger partial charge is 0.365 e. The van der Waals surface area contributed by atoms with Crippen LogP contribution in [0.25, 0.3) is 32.5 Å². The molecule has 0 aliphatic heterocycles. The normalized spacial score (nSPS) is 11.0. The third-order valence-corrected chi connectivity index (χ3v) is 5.93. The number of nitrogens with zero attached hydrogens (tertiary/aromatic N) is 2. The Balaban J connectivity index is 1.47. The molecule has 146 valence electrons. The molecule has 0 bridgehead atoms. The summed E-state index contributed by atoms with van der Waals surface area (Å²) < 4.78 is 13.2. The quantitative estimate of drug-likeness (QED) is 0.346. The fourth-order valence-electron chi connectivity index (χ4n) is 3.48. The average molecular weight is 412 g/mol. The molecule has 0 aliphatic rings. The van der Waals surface area contributed by atoms with E-state index in [-0.39, 0.29) is 5.82 Å². The second kappa shape index (κ2) is 8.05. The Bertz CT molecular complexity index is 1280. The van der Waals surface area contributed by atoms with Gasteiger partial charge in [-0.25, -0.2) is 14.4 Å². The molecule has 0 unspecified atom stereocenters. The fraction of sp³-hybridized carbons (Fsp3) is 0.0400. The summed E-state index contributed by atoms with van der Waals surface area (Å²) >= 11 is 1.61. The Morgan fingerprint density at radius 1 is 0.767 bits per heavy atom. The number of hydrogen-bond acceptors (Lipinski definition) is 4. The molecule has 0 amide bonds. The summed E-state index contributed by atoms with van der Waals surface area (Å²) in [4.78, 5) is 9.85. The van der Waals surface area contributed by atoms with E-state index >= 15 is 0 Å². The first-order valence-electron chi connectivity index (χ1n) is 9.64. The zero-order valence-corrected chi connectivity index (χ0v) is 16.9. The standard InChI is InChI=1S/C25H18FN3S/c26-21-12-6-17(7-13-21)14-27-24-23-22(15-30-25(23)29-16-28-24)20-10-8-19(9-11-20)18-4-2-1-3-5-18/h1-13,15-16H,14H2,(H,27,28,29). The van der Waals surface area contributed by atoms with Crippen molar-refractivity contribution in [2.45, 2.75) is 6.54 Å². The number of halogens is 1. The van der Waals surface area contributed by atoms with E-state index in [1.807, 2.05) is 18.2 Å². The van der Waals surface area contributed by atoms with Gasteiger partial charge >= 0.3 is 0 Å². The molecule has 0 aliphatic carbocycles. The fourth-order valence-corrected chi connectivity index (χ4v) is 4.40. The molecule has 5 heteroatoms. The van der Waals surface area contributed by atoms with E-state index in [2.05, 4.69) is 57.1 Å². The van der Waals surface area contributed by atoms with Crippen LogP contribution < -0.4 is 5.32 Å². The highest BCUT2D eigenvalue weighted by molar-refractivity contribution is 7.17. The van der Waals surface area contributed by atoms with Gasteiger partial charge in [-0.05, 0) is 34.4 Å². The lowest BCUT2D eigenvalue weighted by Crippen LogP contribution is -2.02. The minimum absolute atomic E-state index is 0.234. The average Bonchev–Trinajstić information content (AvgIpc) is 3.24. The van der Waals surface area contributed by atoms with Crippen LogP contribution in [0.2, 0.25) is 0 Å². The topological polar surface area (TPSA) is 37.8 Å². The molecular formula is C25H18FN3S. The third-order valence-electron chi connectivity index (χ3n) is 5.05. The highest BCUT2D eigenvalue weighted by Crippen LogP contribution is 2.37. The summed E-state index contributed by atoms with van der Waals surface area (Å²) in [5.74, 6) is 0.551. The second-order valence-corrected chi connectivity index (χ2v) is 7.83. The number of fused-ring (bicyclic) bond motifs is 1. The van der Waals surface area contributed by atoms with Crippen molar-refractivity contribution in [3.8, 4) is 22.3 Å². The van der Waals surface area contributed by atoms with Crippen molar-refractivity contribution in [2.24, 2.45) is 0 Å². The minimum Gasteiger partial charge on any atom is -0.365 e. The van der Waals surface area contributed by atoms with Crippen molar-refractivity contribution in [3.63, 3.8) is 0 Å². The van der Waals surface area contributed by atoms with Crippen molar-refractivity contribution in [1.29, 1.82) is 0 Å². The summed E-state index contributed by atoms with van der Waals surface area (Å²) in [6.07, 6.45) is 1.58. The van der Waals surface area contributed by atoms with Gasteiger partial charge < -0.3 is 5.32 Å². The molecule has 0 saturated carbocycles. The van der Waals surface area contributed by atoms with Crippen molar-refractivity contribution in [1.82, 2.24) is 9.97 Å². The maximum atomic E-state index is 13.2. The Hall–Kier alpha value is -3.57. The summed E-state index contributed by atoms with van der Waals surface area (Å²) in [6, 6.07) is 25.4. The highest BCUT2D eigenvalue weighted by atomic mass is 32.1.